The van der Waals surface area contributed by atoms with E-state index in [-0.39, 0.29) is 18.3 Å². The van der Waals surface area contributed by atoms with E-state index >= 15 is 0 Å². The average molecular weight is 482 g/mol. The molecule has 0 aliphatic carbocycles. The number of nitrogens with one attached hydrogen (secondary N) is 1. The average Bonchev–Trinajstić information content (AvgIpc) is 3.07. The van der Waals surface area contributed by atoms with Gasteiger partial charge in [-0.3, -0.25) is 9.48 Å². The maximum atomic E-state index is 13.8. The van der Waals surface area contributed by atoms with Crippen LogP contribution in [0.15, 0.2) is 66.7 Å². The van der Waals surface area contributed by atoms with Crippen LogP contribution in [-0.4, -0.2) is 15.7 Å². The normalized spacial score (nSPS) is 10.9. The van der Waals surface area contributed by atoms with Gasteiger partial charge in [-0.2, -0.15) is 5.10 Å². The molecule has 0 aliphatic heterocycles. The van der Waals surface area contributed by atoms with Gasteiger partial charge in [-0.25, -0.2) is 8.78 Å². The molecule has 0 radical (unpaired) electrons. The predicted octanol–water partition coefficient (Wildman–Crippen LogP) is 6.31. The van der Waals surface area contributed by atoms with E-state index in [1.165, 1.54) is 6.07 Å². The lowest BCUT2D eigenvalue weighted by Crippen LogP contribution is -2.14. The van der Waals surface area contributed by atoms with Gasteiger partial charge < -0.3 is 10.1 Å². The molecule has 8 heteroatoms. The van der Waals surface area contributed by atoms with Crippen LogP contribution in [0.1, 0.15) is 32.9 Å². The first-order valence-corrected chi connectivity index (χ1v) is 10.9. The summed E-state index contributed by atoms with van der Waals surface area (Å²) in [5.41, 5.74) is 4.13. The number of aromatic nitrogens is 2. The summed E-state index contributed by atoms with van der Waals surface area (Å²) in [4.78, 5) is 12.9. The van der Waals surface area contributed by atoms with Crippen molar-refractivity contribution >= 4 is 23.2 Å². The van der Waals surface area contributed by atoms with Crippen LogP contribution in [-0.2, 0) is 13.2 Å². The molecule has 4 rings (SSSR count). The Morgan fingerprint density at radius 2 is 1.85 bits per heavy atom. The van der Waals surface area contributed by atoms with Crippen LogP contribution < -0.4 is 10.1 Å². The summed E-state index contributed by atoms with van der Waals surface area (Å²) in [7, 11) is 0. The van der Waals surface area contributed by atoms with Crippen molar-refractivity contribution in [2.75, 3.05) is 5.32 Å². The third-order valence-electron chi connectivity index (χ3n) is 5.38. The summed E-state index contributed by atoms with van der Waals surface area (Å²) in [6, 6.07) is 17.5. The first kappa shape index (κ1) is 23.4. The van der Waals surface area contributed by atoms with Gasteiger partial charge in [0.05, 0.1) is 23.6 Å². The van der Waals surface area contributed by atoms with Crippen LogP contribution in [0.25, 0.3) is 0 Å². The van der Waals surface area contributed by atoms with E-state index in [4.69, 9.17) is 16.3 Å². The molecule has 0 bridgehead atoms. The zero-order valence-electron chi connectivity index (χ0n) is 18.6. The molecule has 0 spiro atoms. The van der Waals surface area contributed by atoms with Gasteiger partial charge in [0, 0.05) is 16.7 Å². The van der Waals surface area contributed by atoms with Gasteiger partial charge in [0.25, 0.3) is 5.91 Å². The topological polar surface area (TPSA) is 56.2 Å². The molecule has 1 heterocycles. The highest BCUT2D eigenvalue weighted by molar-refractivity contribution is 6.31. The van der Waals surface area contributed by atoms with Gasteiger partial charge in [0.15, 0.2) is 11.6 Å². The lowest BCUT2D eigenvalue weighted by atomic mass is 10.1. The van der Waals surface area contributed by atoms with Gasteiger partial charge in [0.2, 0.25) is 0 Å². The fraction of sp³-hybridized carbons (Fsp3) is 0.154. The molecular formula is C26H22ClF2N3O2. The maximum absolute atomic E-state index is 13.8. The summed E-state index contributed by atoms with van der Waals surface area (Å²) in [5, 5.41) is 8.14. The minimum absolute atomic E-state index is 0.0253. The number of amides is 1. The third-order valence-corrected chi connectivity index (χ3v) is 5.74. The van der Waals surface area contributed by atoms with E-state index in [0.717, 1.165) is 23.4 Å². The number of carbonyl (C=O) groups is 1. The number of hydrogen-bond acceptors (Lipinski definition) is 3. The molecule has 0 saturated heterocycles. The number of carbonyl (C=O) groups excluding carboxylic acids is 1. The molecule has 5 nitrogen and oxygen atoms in total. The van der Waals surface area contributed by atoms with Crippen molar-refractivity contribution in [2.45, 2.75) is 27.0 Å². The molecule has 0 unspecified atom stereocenters. The number of hydrogen-bond donors (Lipinski definition) is 1. The highest BCUT2D eigenvalue weighted by atomic mass is 35.5. The minimum Gasteiger partial charge on any atom is -0.486 e. The molecule has 0 aliphatic rings. The molecule has 3 aromatic carbocycles. The van der Waals surface area contributed by atoms with Crippen molar-refractivity contribution in [1.82, 2.24) is 9.78 Å². The van der Waals surface area contributed by atoms with Gasteiger partial charge >= 0.3 is 0 Å². The van der Waals surface area contributed by atoms with Crippen LogP contribution >= 0.6 is 11.6 Å². The molecule has 4 aromatic rings. The molecule has 34 heavy (non-hydrogen) atoms. The zero-order chi connectivity index (χ0) is 24.2. The van der Waals surface area contributed by atoms with E-state index in [1.54, 1.807) is 28.9 Å². The molecule has 1 N–H and O–H groups in total. The Balaban J connectivity index is 1.47. The van der Waals surface area contributed by atoms with Gasteiger partial charge in [0.1, 0.15) is 12.4 Å². The van der Waals surface area contributed by atoms with Crippen molar-refractivity contribution in [3.8, 4) is 5.75 Å². The molecule has 0 atom stereocenters. The number of aryl methyl sites for hydroxylation is 1. The second kappa shape index (κ2) is 10.1. The molecule has 0 fully saturated rings. The summed E-state index contributed by atoms with van der Waals surface area (Å²) >= 11 is 6.27. The summed E-state index contributed by atoms with van der Waals surface area (Å²) in [6.45, 7) is 4.22. The lowest BCUT2D eigenvalue weighted by Gasteiger charge is -2.10. The summed E-state index contributed by atoms with van der Waals surface area (Å²) in [5.74, 6) is -1.83. The van der Waals surface area contributed by atoms with E-state index < -0.39 is 11.6 Å². The van der Waals surface area contributed by atoms with Crippen LogP contribution in [0, 0.1) is 25.5 Å². The molecule has 0 saturated carbocycles. The number of nitrogens with zero attached hydrogens (tertiary/aromatic N) is 2. The Bertz CT molecular complexity index is 1350. The quantitative estimate of drug-likeness (QED) is 0.336. The van der Waals surface area contributed by atoms with E-state index in [0.29, 0.717) is 34.1 Å². The van der Waals surface area contributed by atoms with E-state index in [9.17, 15) is 13.6 Å². The fourth-order valence-electron chi connectivity index (χ4n) is 3.56. The highest BCUT2D eigenvalue weighted by Crippen LogP contribution is 2.24. The predicted molar refractivity (Wildman–Crippen MR) is 127 cm³/mol. The lowest BCUT2D eigenvalue weighted by molar-refractivity contribution is 0.102. The number of halogens is 3. The molecule has 1 amide bonds. The smallest absolute Gasteiger partial charge is 0.255 e. The Labute approximate surface area is 200 Å². The highest BCUT2D eigenvalue weighted by Gasteiger charge is 2.16. The van der Waals surface area contributed by atoms with Gasteiger partial charge in [-0.05, 0) is 55.3 Å². The number of rotatable bonds is 7. The van der Waals surface area contributed by atoms with Crippen molar-refractivity contribution in [2.24, 2.45) is 0 Å². The zero-order valence-corrected chi connectivity index (χ0v) is 19.4. The number of ether oxygens (including phenoxy) is 1. The number of benzene rings is 3. The van der Waals surface area contributed by atoms with Crippen LogP contribution in [0.4, 0.5) is 14.5 Å². The van der Waals surface area contributed by atoms with Gasteiger partial charge in [-0.1, -0.05) is 41.9 Å². The van der Waals surface area contributed by atoms with E-state index in [2.05, 4.69) is 10.4 Å². The minimum atomic E-state index is -0.784. The molecular weight excluding hydrogens is 460 g/mol. The maximum Gasteiger partial charge on any atom is 0.255 e. The van der Waals surface area contributed by atoms with Gasteiger partial charge in [-0.15, -0.1) is 0 Å². The van der Waals surface area contributed by atoms with Crippen molar-refractivity contribution in [1.29, 1.82) is 0 Å². The van der Waals surface area contributed by atoms with Crippen LogP contribution in [0.3, 0.4) is 0 Å². The SMILES string of the molecule is Cc1nn(Cc2ccccc2Cl)c(C)c1NC(=O)c1cccc(COc2ccc(F)cc2F)c1. The Morgan fingerprint density at radius 3 is 2.62 bits per heavy atom. The fourth-order valence-corrected chi connectivity index (χ4v) is 3.76. The van der Waals surface area contributed by atoms with Crippen molar-refractivity contribution in [3.63, 3.8) is 0 Å². The van der Waals surface area contributed by atoms with Crippen molar-refractivity contribution < 1.29 is 18.3 Å². The summed E-state index contributed by atoms with van der Waals surface area (Å²) in [6.07, 6.45) is 0. The third kappa shape index (κ3) is 5.26. The number of anilines is 1. The van der Waals surface area contributed by atoms with Crippen LogP contribution in [0.2, 0.25) is 5.02 Å². The standard InChI is InChI=1S/C26H22ClF2N3O2/c1-16-25(17(2)32(31-16)14-20-7-3-4-9-22(20)27)30-26(33)19-8-5-6-18(12-19)15-34-24-11-10-21(28)13-23(24)29/h3-13H,14-15H2,1-2H3,(H,30,33). The first-order chi connectivity index (χ1) is 16.3. The van der Waals surface area contributed by atoms with Crippen molar-refractivity contribution in [3.05, 3.63) is 111 Å². The Kier molecular flexibility index (Phi) is 6.93. The first-order valence-electron chi connectivity index (χ1n) is 10.6. The van der Waals surface area contributed by atoms with Crippen LogP contribution in [0.5, 0.6) is 5.75 Å². The molecule has 174 valence electrons. The Hall–Kier alpha value is -3.71. The molecule has 1 aromatic heterocycles. The second-order valence-corrected chi connectivity index (χ2v) is 8.22. The monoisotopic (exact) mass is 481 g/mol. The van der Waals surface area contributed by atoms with E-state index in [1.807, 2.05) is 38.1 Å². The largest absolute Gasteiger partial charge is 0.486 e. The summed E-state index contributed by atoms with van der Waals surface area (Å²) < 4.78 is 34.1. The Morgan fingerprint density at radius 1 is 1.06 bits per heavy atom. The second-order valence-electron chi connectivity index (χ2n) is 7.81.